The molecule has 17 heavy (non-hydrogen) atoms. The van der Waals surface area contributed by atoms with E-state index in [0.717, 1.165) is 5.56 Å². The summed E-state index contributed by atoms with van der Waals surface area (Å²) in [5, 5.41) is 8.71. The van der Waals surface area contributed by atoms with Crippen molar-refractivity contribution in [3.05, 3.63) is 17.7 Å². The topological polar surface area (TPSA) is 37.3 Å². The fraction of sp³-hybridized carbons (Fsp3) is 0.417. The smallest absolute Gasteiger partial charge is 0.303 e. The van der Waals surface area contributed by atoms with Gasteiger partial charge in [0.05, 0.1) is 0 Å². The van der Waals surface area contributed by atoms with Gasteiger partial charge in [-0.1, -0.05) is 0 Å². The summed E-state index contributed by atoms with van der Waals surface area (Å²) in [6.45, 7) is 0. The zero-order valence-electron chi connectivity index (χ0n) is 10.1. The van der Waals surface area contributed by atoms with Crippen molar-refractivity contribution < 1.29 is 9.90 Å². The van der Waals surface area contributed by atoms with Crippen LogP contribution in [0.15, 0.2) is 26.8 Å². The van der Waals surface area contributed by atoms with Crippen molar-refractivity contribution in [2.45, 2.75) is 27.5 Å². The van der Waals surface area contributed by atoms with Gasteiger partial charge in [-0.05, 0) is 42.9 Å². The lowest BCUT2D eigenvalue weighted by Gasteiger charge is -2.12. The van der Waals surface area contributed by atoms with Crippen molar-refractivity contribution in [3.8, 4) is 0 Å². The van der Waals surface area contributed by atoms with Crippen LogP contribution in [-0.2, 0) is 11.2 Å². The van der Waals surface area contributed by atoms with Crippen molar-refractivity contribution >= 4 is 41.3 Å². The van der Waals surface area contributed by atoms with Crippen molar-refractivity contribution in [1.29, 1.82) is 0 Å². The molecule has 0 aliphatic rings. The van der Waals surface area contributed by atoms with Crippen LogP contribution in [0, 0.1) is 0 Å². The first-order valence-electron chi connectivity index (χ1n) is 5.13. The molecule has 0 saturated carbocycles. The van der Waals surface area contributed by atoms with Crippen LogP contribution in [0.5, 0.6) is 0 Å². The third-order valence-corrected chi connectivity index (χ3v) is 4.98. The molecule has 2 nitrogen and oxygen atoms in total. The number of aryl methyl sites for hydroxylation is 1. The van der Waals surface area contributed by atoms with E-state index in [1.54, 1.807) is 35.3 Å². The minimum atomic E-state index is -0.740. The van der Waals surface area contributed by atoms with Gasteiger partial charge in [-0.3, -0.25) is 4.79 Å². The molecule has 0 aliphatic carbocycles. The highest BCUT2D eigenvalue weighted by molar-refractivity contribution is 8.03. The molecular weight excluding hydrogens is 272 g/mol. The molecule has 1 rings (SSSR count). The molecule has 0 aliphatic heterocycles. The lowest BCUT2D eigenvalue weighted by atomic mass is 10.1. The maximum absolute atomic E-state index is 10.6. The molecule has 0 aromatic heterocycles. The van der Waals surface area contributed by atoms with E-state index >= 15 is 0 Å². The summed E-state index contributed by atoms with van der Waals surface area (Å²) in [6, 6.07) is 4.22. The summed E-state index contributed by atoms with van der Waals surface area (Å²) >= 11 is 5.18. The zero-order valence-corrected chi connectivity index (χ0v) is 12.6. The number of rotatable bonds is 6. The molecule has 0 unspecified atom stereocenters. The monoisotopic (exact) mass is 288 g/mol. The number of aliphatic carboxylic acids is 1. The molecule has 0 bridgehead atoms. The van der Waals surface area contributed by atoms with Gasteiger partial charge in [0, 0.05) is 21.1 Å². The van der Waals surface area contributed by atoms with Crippen molar-refractivity contribution in [3.63, 3.8) is 0 Å². The van der Waals surface area contributed by atoms with Crippen molar-refractivity contribution in [2.24, 2.45) is 0 Å². The van der Waals surface area contributed by atoms with Gasteiger partial charge in [0.2, 0.25) is 0 Å². The first kappa shape index (κ1) is 14.8. The molecule has 1 aromatic rings. The minimum absolute atomic E-state index is 0.195. The second-order valence-corrected chi connectivity index (χ2v) is 5.94. The first-order valence-corrected chi connectivity index (χ1v) is 8.80. The Kier molecular flexibility index (Phi) is 6.30. The Balaban J connectivity index is 3.04. The Morgan fingerprint density at radius 3 is 2.00 bits per heavy atom. The van der Waals surface area contributed by atoms with Crippen LogP contribution in [0.3, 0.4) is 0 Å². The van der Waals surface area contributed by atoms with E-state index in [1.165, 1.54) is 14.7 Å². The Morgan fingerprint density at radius 1 is 1.12 bits per heavy atom. The molecule has 0 atom stereocenters. The second kappa shape index (κ2) is 7.24. The molecule has 0 amide bonds. The van der Waals surface area contributed by atoms with E-state index in [4.69, 9.17) is 5.11 Å². The number of benzene rings is 1. The average molecular weight is 288 g/mol. The minimum Gasteiger partial charge on any atom is -0.481 e. The molecule has 0 spiro atoms. The molecule has 0 saturated heterocycles. The van der Waals surface area contributed by atoms with Crippen molar-refractivity contribution in [2.75, 3.05) is 18.8 Å². The maximum atomic E-state index is 10.6. The highest BCUT2D eigenvalue weighted by atomic mass is 32.2. The van der Waals surface area contributed by atoms with Gasteiger partial charge < -0.3 is 5.11 Å². The van der Waals surface area contributed by atoms with Crippen LogP contribution in [0.2, 0.25) is 0 Å². The van der Waals surface area contributed by atoms with Crippen LogP contribution in [0.25, 0.3) is 0 Å². The largest absolute Gasteiger partial charge is 0.481 e. The third-order valence-electron chi connectivity index (χ3n) is 2.35. The predicted molar refractivity (Wildman–Crippen MR) is 77.7 cm³/mol. The summed E-state index contributed by atoms with van der Waals surface area (Å²) in [5.74, 6) is -0.740. The van der Waals surface area contributed by atoms with Gasteiger partial charge in [-0.2, -0.15) is 0 Å². The standard InChI is InChI=1S/C12H16O2S3/c1-15-9-6-8(4-5-11(13)14)7-10(16-2)12(9)17-3/h6-7H,4-5H2,1-3H3,(H,13,14). The number of hydrogen-bond acceptors (Lipinski definition) is 4. The summed E-state index contributed by atoms with van der Waals surface area (Å²) in [7, 11) is 0. The highest BCUT2D eigenvalue weighted by Crippen LogP contribution is 2.37. The summed E-state index contributed by atoms with van der Waals surface area (Å²) in [4.78, 5) is 14.4. The summed E-state index contributed by atoms with van der Waals surface area (Å²) in [5.41, 5.74) is 1.11. The molecule has 5 heteroatoms. The summed E-state index contributed by atoms with van der Waals surface area (Å²) in [6.07, 6.45) is 6.98. The molecule has 0 radical (unpaired) electrons. The van der Waals surface area contributed by atoms with E-state index < -0.39 is 5.97 Å². The molecule has 1 N–H and O–H groups in total. The highest BCUT2D eigenvalue weighted by Gasteiger charge is 2.10. The van der Waals surface area contributed by atoms with E-state index in [2.05, 4.69) is 30.9 Å². The molecule has 0 fully saturated rings. The van der Waals surface area contributed by atoms with Gasteiger partial charge in [0.1, 0.15) is 0 Å². The molecule has 1 aromatic carbocycles. The summed E-state index contributed by atoms with van der Waals surface area (Å²) < 4.78 is 0. The van der Waals surface area contributed by atoms with E-state index in [0.29, 0.717) is 6.42 Å². The number of hydrogen-bond donors (Lipinski definition) is 1. The van der Waals surface area contributed by atoms with Crippen LogP contribution in [0.1, 0.15) is 12.0 Å². The van der Waals surface area contributed by atoms with E-state index in [9.17, 15) is 4.79 Å². The number of carboxylic acid groups (broad SMARTS) is 1. The molecule has 94 valence electrons. The fourth-order valence-electron chi connectivity index (χ4n) is 1.53. The second-order valence-electron chi connectivity index (χ2n) is 3.43. The SMILES string of the molecule is CSc1cc(CCC(=O)O)cc(SC)c1SC. The maximum Gasteiger partial charge on any atom is 0.303 e. The lowest BCUT2D eigenvalue weighted by Crippen LogP contribution is -1.98. The molecular formula is C12H16O2S3. The fourth-order valence-corrected chi connectivity index (χ4v) is 4.24. The van der Waals surface area contributed by atoms with E-state index in [1.807, 2.05) is 0 Å². The Morgan fingerprint density at radius 2 is 1.65 bits per heavy atom. The van der Waals surface area contributed by atoms with Crippen molar-refractivity contribution in [1.82, 2.24) is 0 Å². The Labute approximate surface area is 115 Å². The van der Waals surface area contributed by atoms with Crippen LogP contribution >= 0.6 is 35.3 Å². The third kappa shape index (κ3) is 4.16. The van der Waals surface area contributed by atoms with Gasteiger partial charge in [0.25, 0.3) is 0 Å². The quantitative estimate of drug-likeness (QED) is 0.804. The van der Waals surface area contributed by atoms with Gasteiger partial charge in [-0.15, -0.1) is 35.3 Å². The zero-order chi connectivity index (χ0) is 12.8. The lowest BCUT2D eigenvalue weighted by molar-refractivity contribution is -0.136. The number of carboxylic acids is 1. The Hall–Kier alpha value is -0.260. The van der Waals surface area contributed by atoms with Crippen LogP contribution in [-0.4, -0.2) is 29.8 Å². The average Bonchev–Trinajstić information content (AvgIpc) is 2.34. The van der Waals surface area contributed by atoms with Gasteiger partial charge >= 0.3 is 5.97 Å². The number of thioether (sulfide) groups is 3. The molecule has 0 heterocycles. The van der Waals surface area contributed by atoms with Gasteiger partial charge in [-0.25, -0.2) is 0 Å². The van der Waals surface area contributed by atoms with E-state index in [-0.39, 0.29) is 6.42 Å². The van der Waals surface area contributed by atoms with Crippen LogP contribution < -0.4 is 0 Å². The predicted octanol–water partition coefficient (Wildman–Crippen LogP) is 3.87. The van der Waals surface area contributed by atoms with Crippen LogP contribution in [0.4, 0.5) is 0 Å². The first-order chi connectivity index (χ1) is 8.12. The van der Waals surface area contributed by atoms with Gasteiger partial charge in [0.15, 0.2) is 0 Å². The normalized spacial score (nSPS) is 10.5. The number of carbonyl (C=O) groups is 1. The Bertz CT molecular complexity index is 380.